The molecule has 0 spiro atoms. The molecule has 144 valence electrons. The van der Waals surface area contributed by atoms with Crippen LogP contribution < -0.4 is 23.7 Å². The molecule has 0 unspecified atom stereocenters. The molecule has 2 aromatic rings. The summed E-state index contributed by atoms with van der Waals surface area (Å²) in [6.07, 6.45) is -0.0503. The lowest BCUT2D eigenvalue weighted by atomic mass is 10.1. The Bertz CT molecular complexity index is 817. The highest BCUT2D eigenvalue weighted by Gasteiger charge is 2.18. The van der Waals surface area contributed by atoms with Crippen LogP contribution in [-0.4, -0.2) is 40.2 Å². The molecule has 0 saturated heterocycles. The third kappa shape index (κ3) is 4.69. The first-order chi connectivity index (χ1) is 12.9. The highest BCUT2D eigenvalue weighted by Crippen LogP contribution is 2.38. The summed E-state index contributed by atoms with van der Waals surface area (Å²) in [6, 6.07) is 8.03. The van der Waals surface area contributed by atoms with Crippen molar-refractivity contribution in [2.75, 3.05) is 28.4 Å². The van der Waals surface area contributed by atoms with E-state index in [0.717, 1.165) is 0 Å². The number of carbonyl (C=O) groups excluding carboxylic acids is 2. The van der Waals surface area contributed by atoms with Crippen molar-refractivity contribution in [2.45, 2.75) is 13.3 Å². The van der Waals surface area contributed by atoms with Crippen molar-refractivity contribution in [3.8, 4) is 28.7 Å². The number of carbonyl (C=O) groups is 2. The third-order valence-corrected chi connectivity index (χ3v) is 3.86. The maximum Gasteiger partial charge on any atom is 0.315 e. The zero-order valence-electron chi connectivity index (χ0n) is 16.0. The molecule has 0 radical (unpaired) electrons. The van der Waals surface area contributed by atoms with Crippen LogP contribution in [0.4, 0.5) is 0 Å². The maximum absolute atomic E-state index is 12.4. The van der Waals surface area contributed by atoms with Crippen LogP contribution in [0.5, 0.6) is 28.7 Å². The van der Waals surface area contributed by atoms with Gasteiger partial charge < -0.3 is 23.7 Å². The molecule has 27 heavy (non-hydrogen) atoms. The molecule has 0 atom stereocenters. The molecule has 0 heterocycles. The highest BCUT2D eigenvalue weighted by molar-refractivity contribution is 5.97. The van der Waals surface area contributed by atoms with Gasteiger partial charge in [0.2, 0.25) is 5.75 Å². The molecule has 2 aromatic carbocycles. The van der Waals surface area contributed by atoms with E-state index in [1.165, 1.54) is 41.4 Å². The van der Waals surface area contributed by atoms with Gasteiger partial charge in [0, 0.05) is 6.07 Å². The quantitative estimate of drug-likeness (QED) is 0.399. The fourth-order valence-electron chi connectivity index (χ4n) is 2.57. The molecule has 0 amide bonds. The molecular weight excluding hydrogens is 352 g/mol. The fourth-order valence-corrected chi connectivity index (χ4v) is 2.57. The Balaban J connectivity index is 2.27. The first kappa shape index (κ1) is 20.1. The number of benzene rings is 2. The smallest absolute Gasteiger partial charge is 0.315 e. The third-order valence-electron chi connectivity index (χ3n) is 3.86. The van der Waals surface area contributed by atoms with Crippen LogP contribution in [0.2, 0.25) is 0 Å². The summed E-state index contributed by atoms with van der Waals surface area (Å²) in [7, 11) is 5.98. The van der Waals surface area contributed by atoms with E-state index in [0.29, 0.717) is 34.1 Å². The van der Waals surface area contributed by atoms with Crippen LogP contribution >= 0.6 is 0 Å². The molecular formula is C20H22O7. The van der Waals surface area contributed by atoms with Crippen LogP contribution in [0, 0.1) is 0 Å². The lowest BCUT2D eigenvalue weighted by Gasteiger charge is -2.14. The molecule has 0 aliphatic rings. The highest BCUT2D eigenvalue weighted by atomic mass is 16.5. The molecule has 0 saturated carbocycles. The van der Waals surface area contributed by atoms with Crippen molar-refractivity contribution in [2.24, 2.45) is 0 Å². The Kier molecular flexibility index (Phi) is 6.65. The normalized spacial score (nSPS) is 10.1. The lowest BCUT2D eigenvalue weighted by Crippen LogP contribution is -2.13. The van der Waals surface area contributed by atoms with Crippen molar-refractivity contribution in [3.63, 3.8) is 0 Å². The molecule has 0 aliphatic carbocycles. The van der Waals surface area contributed by atoms with Gasteiger partial charge >= 0.3 is 5.97 Å². The summed E-state index contributed by atoms with van der Waals surface area (Å²) in [5.41, 5.74) is 0.913. The average molecular weight is 374 g/mol. The second-order valence-corrected chi connectivity index (χ2v) is 5.60. The Labute approximate surface area is 157 Å². The van der Waals surface area contributed by atoms with E-state index in [2.05, 4.69) is 0 Å². The average Bonchev–Trinajstić information content (AvgIpc) is 2.66. The summed E-state index contributed by atoms with van der Waals surface area (Å²) < 4.78 is 26.4. The van der Waals surface area contributed by atoms with E-state index < -0.39 is 5.97 Å². The van der Waals surface area contributed by atoms with Gasteiger partial charge in [0.05, 0.1) is 40.4 Å². The van der Waals surface area contributed by atoms with Crippen LogP contribution in [0.25, 0.3) is 0 Å². The Morgan fingerprint density at radius 3 is 1.93 bits per heavy atom. The zero-order valence-corrected chi connectivity index (χ0v) is 16.0. The van der Waals surface area contributed by atoms with E-state index in [1.807, 2.05) is 0 Å². The molecule has 2 rings (SSSR count). The van der Waals surface area contributed by atoms with Crippen molar-refractivity contribution >= 4 is 11.8 Å². The molecule has 0 aliphatic heterocycles. The zero-order chi connectivity index (χ0) is 20.0. The van der Waals surface area contributed by atoms with Gasteiger partial charge in [0.1, 0.15) is 11.5 Å². The molecule has 7 heteroatoms. The van der Waals surface area contributed by atoms with Crippen molar-refractivity contribution < 1.29 is 33.3 Å². The number of ketones is 1. The number of hydrogen-bond acceptors (Lipinski definition) is 7. The maximum atomic E-state index is 12.4. The first-order valence-corrected chi connectivity index (χ1v) is 8.12. The minimum atomic E-state index is -0.542. The van der Waals surface area contributed by atoms with Crippen molar-refractivity contribution in [1.82, 2.24) is 0 Å². The van der Waals surface area contributed by atoms with E-state index in [-0.39, 0.29) is 18.0 Å². The van der Waals surface area contributed by atoms with Crippen molar-refractivity contribution in [1.29, 1.82) is 0 Å². The Hall–Kier alpha value is -3.22. The van der Waals surface area contributed by atoms with Crippen molar-refractivity contribution in [3.05, 3.63) is 41.5 Å². The largest absolute Gasteiger partial charge is 0.497 e. The number of methoxy groups -OCH3 is 4. The second kappa shape index (κ2) is 8.93. The van der Waals surface area contributed by atoms with Gasteiger partial charge in [-0.25, -0.2) is 0 Å². The monoisotopic (exact) mass is 374 g/mol. The van der Waals surface area contributed by atoms with Gasteiger partial charge in [-0.05, 0) is 36.8 Å². The number of esters is 1. The number of Topliss-reactive ketones (excluding diaryl/α,β-unsaturated/α-hetero) is 1. The summed E-state index contributed by atoms with van der Waals surface area (Å²) in [6.45, 7) is 1.40. The van der Waals surface area contributed by atoms with Gasteiger partial charge in [-0.2, -0.15) is 0 Å². The number of ether oxygens (including phenoxy) is 5. The standard InChI is InChI=1S/C20H22O7/c1-12(21)15-7-6-14(23-2)11-16(15)27-19(22)10-13-8-17(24-3)20(26-5)18(9-13)25-4/h6-9,11H,10H2,1-5H3. The van der Waals surface area contributed by atoms with E-state index >= 15 is 0 Å². The molecule has 0 bridgehead atoms. The van der Waals surface area contributed by atoms with Gasteiger partial charge in [0.25, 0.3) is 0 Å². The predicted molar refractivity (Wildman–Crippen MR) is 98.4 cm³/mol. The predicted octanol–water partition coefficient (Wildman–Crippen LogP) is 3.07. The second-order valence-electron chi connectivity index (χ2n) is 5.60. The summed E-state index contributed by atoms with van der Waals surface area (Å²) >= 11 is 0. The van der Waals surface area contributed by atoms with E-state index in [4.69, 9.17) is 23.7 Å². The minimum absolute atomic E-state index is 0.0503. The van der Waals surface area contributed by atoms with Crippen LogP contribution in [0.15, 0.2) is 30.3 Å². The van der Waals surface area contributed by atoms with Crippen LogP contribution in [-0.2, 0) is 11.2 Å². The Morgan fingerprint density at radius 1 is 0.815 bits per heavy atom. The Morgan fingerprint density at radius 2 is 1.44 bits per heavy atom. The van der Waals surface area contributed by atoms with Gasteiger partial charge in [-0.1, -0.05) is 0 Å². The molecule has 0 aromatic heterocycles. The lowest BCUT2D eigenvalue weighted by molar-refractivity contribution is -0.133. The fraction of sp³-hybridized carbons (Fsp3) is 0.300. The SMILES string of the molecule is COc1ccc(C(C)=O)c(OC(=O)Cc2cc(OC)c(OC)c(OC)c2)c1. The molecule has 7 nitrogen and oxygen atoms in total. The van der Waals surface area contributed by atoms with Gasteiger partial charge in [-0.3, -0.25) is 9.59 Å². The topological polar surface area (TPSA) is 80.3 Å². The van der Waals surface area contributed by atoms with Crippen LogP contribution in [0.3, 0.4) is 0 Å². The minimum Gasteiger partial charge on any atom is -0.497 e. The van der Waals surface area contributed by atoms with E-state index in [1.54, 1.807) is 24.3 Å². The van der Waals surface area contributed by atoms with Crippen LogP contribution in [0.1, 0.15) is 22.8 Å². The number of rotatable bonds is 8. The first-order valence-electron chi connectivity index (χ1n) is 8.12. The molecule has 0 N–H and O–H groups in total. The summed E-state index contributed by atoms with van der Waals surface area (Å²) in [5, 5.41) is 0. The van der Waals surface area contributed by atoms with Gasteiger partial charge in [0.15, 0.2) is 17.3 Å². The van der Waals surface area contributed by atoms with Gasteiger partial charge in [-0.15, -0.1) is 0 Å². The summed E-state index contributed by atoms with van der Waals surface area (Å²) in [4.78, 5) is 24.2. The van der Waals surface area contributed by atoms with E-state index in [9.17, 15) is 9.59 Å². The number of hydrogen-bond donors (Lipinski definition) is 0. The summed E-state index contributed by atoms with van der Waals surface area (Å²) in [5.74, 6) is 1.18. The molecule has 0 fully saturated rings.